The van der Waals surface area contributed by atoms with Crippen LogP contribution >= 0.6 is 0 Å². The summed E-state index contributed by atoms with van der Waals surface area (Å²) >= 11 is 0. The van der Waals surface area contributed by atoms with Crippen LogP contribution in [0.2, 0.25) is 0 Å². The number of amides is 2. The van der Waals surface area contributed by atoms with Gasteiger partial charge in [-0.2, -0.15) is 0 Å². The molecule has 1 unspecified atom stereocenters. The lowest BCUT2D eigenvalue weighted by Crippen LogP contribution is -2.38. The van der Waals surface area contributed by atoms with Crippen LogP contribution in [0.25, 0.3) is 0 Å². The lowest BCUT2D eigenvalue weighted by molar-refractivity contribution is -0.125. The number of ether oxygens (including phenoxy) is 1. The summed E-state index contributed by atoms with van der Waals surface area (Å²) in [5.74, 6) is 0.543. The number of hydrogen-bond acceptors (Lipinski definition) is 4. The number of aromatic nitrogens is 1. The van der Waals surface area contributed by atoms with Gasteiger partial charge in [-0.15, -0.1) is 0 Å². The molecule has 1 aliphatic rings. The molecule has 120 valence electrons. The summed E-state index contributed by atoms with van der Waals surface area (Å²) in [6, 6.07) is 3.23. The van der Waals surface area contributed by atoms with Crippen LogP contribution in [0, 0.1) is 5.92 Å². The van der Waals surface area contributed by atoms with Crippen LogP contribution in [-0.2, 0) is 9.59 Å². The van der Waals surface area contributed by atoms with E-state index < -0.39 is 0 Å². The molecule has 2 amide bonds. The highest BCUT2D eigenvalue weighted by atomic mass is 16.5. The fourth-order valence-corrected chi connectivity index (χ4v) is 2.66. The molecule has 6 heteroatoms. The van der Waals surface area contributed by atoms with Gasteiger partial charge in [0.15, 0.2) is 0 Å². The molecule has 1 fully saturated rings. The van der Waals surface area contributed by atoms with Gasteiger partial charge >= 0.3 is 0 Å². The van der Waals surface area contributed by atoms with Gasteiger partial charge in [0.25, 0.3) is 0 Å². The molecule has 1 aromatic heterocycles. The highest BCUT2D eigenvalue weighted by Gasteiger charge is 2.24. The van der Waals surface area contributed by atoms with Crippen molar-refractivity contribution in [2.45, 2.75) is 45.1 Å². The molecule has 1 heterocycles. The first-order chi connectivity index (χ1) is 10.6. The van der Waals surface area contributed by atoms with Gasteiger partial charge in [0, 0.05) is 24.4 Å². The summed E-state index contributed by atoms with van der Waals surface area (Å²) in [5.41, 5.74) is 0.611. The molecule has 22 heavy (non-hydrogen) atoms. The average Bonchev–Trinajstić information content (AvgIpc) is 3.02. The molecule has 2 N–H and O–H groups in total. The Hall–Kier alpha value is -2.11. The molecule has 1 aliphatic carbocycles. The number of carbonyl (C=O) groups is 2. The van der Waals surface area contributed by atoms with Crippen molar-refractivity contribution in [2.24, 2.45) is 5.92 Å². The minimum Gasteiger partial charge on any atom is -0.481 e. The Bertz CT molecular complexity index is 510. The van der Waals surface area contributed by atoms with Gasteiger partial charge in [-0.25, -0.2) is 4.98 Å². The third kappa shape index (κ3) is 4.72. The predicted molar refractivity (Wildman–Crippen MR) is 83.6 cm³/mol. The minimum absolute atomic E-state index is 0.0731. The topological polar surface area (TPSA) is 80.3 Å². The van der Waals surface area contributed by atoms with Crippen molar-refractivity contribution in [1.82, 2.24) is 10.3 Å². The molecular formula is C16H23N3O3. The van der Waals surface area contributed by atoms with Crippen molar-refractivity contribution in [1.29, 1.82) is 0 Å². The first kappa shape index (κ1) is 16.3. The zero-order chi connectivity index (χ0) is 15.9. The molecule has 0 radical (unpaired) electrons. The quantitative estimate of drug-likeness (QED) is 0.843. The van der Waals surface area contributed by atoms with Crippen LogP contribution in [0.5, 0.6) is 5.88 Å². The maximum Gasteiger partial charge on any atom is 0.226 e. The average molecular weight is 305 g/mol. The highest BCUT2D eigenvalue weighted by molar-refractivity contribution is 5.91. The van der Waals surface area contributed by atoms with Crippen LogP contribution in [0.1, 0.15) is 39.0 Å². The van der Waals surface area contributed by atoms with Crippen molar-refractivity contribution < 1.29 is 14.3 Å². The van der Waals surface area contributed by atoms with Crippen molar-refractivity contribution in [3.63, 3.8) is 0 Å². The second-order valence-corrected chi connectivity index (χ2v) is 5.73. The number of nitrogens with zero attached hydrogens (tertiary/aromatic N) is 1. The Morgan fingerprint density at radius 2 is 2.09 bits per heavy atom. The SMILES string of the molecule is COc1ccc(NC(=O)CC(C)NC(=O)C2CCCC2)cn1. The molecular weight excluding hydrogens is 282 g/mol. The molecule has 0 saturated heterocycles. The largest absolute Gasteiger partial charge is 0.481 e. The van der Waals surface area contributed by atoms with E-state index in [0.717, 1.165) is 25.7 Å². The smallest absolute Gasteiger partial charge is 0.226 e. The third-order valence-corrected chi connectivity index (χ3v) is 3.84. The summed E-state index contributed by atoms with van der Waals surface area (Å²) in [4.78, 5) is 28.0. The van der Waals surface area contributed by atoms with Gasteiger partial charge in [-0.05, 0) is 25.8 Å². The Kier molecular flexibility index (Phi) is 5.75. The zero-order valence-electron chi connectivity index (χ0n) is 13.1. The molecule has 1 saturated carbocycles. The Labute approximate surface area is 130 Å². The monoisotopic (exact) mass is 305 g/mol. The number of pyridine rings is 1. The molecule has 0 aliphatic heterocycles. The van der Waals surface area contributed by atoms with Crippen LogP contribution in [0.3, 0.4) is 0 Å². The normalized spacial score (nSPS) is 16.1. The molecule has 2 rings (SSSR count). The first-order valence-electron chi connectivity index (χ1n) is 7.68. The van der Waals surface area contributed by atoms with E-state index in [-0.39, 0.29) is 30.2 Å². The van der Waals surface area contributed by atoms with Gasteiger partial charge in [0.05, 0.1) is 19.0 Å². The van der Waals surface area contributed by atoms with E-state index in [9.17, 15) is 9.59 Å². The lowest BCUT2D eigenvalue weighted by atomic mass is 10.1. The van der Waals surface area contributed by atoms with E-state index in [1.807, 2.05) is 6.92 Å². The summed E-state index contributed by atoms with van der Waals surface area (Å²) in [6.07, 6.45) is 5.95. The van der Waals surface area contributed by atoms with Crippen molar-refractivity contribution in [3.8, 4) is 5.88 Å². The summed E-state index contributed by atoms with van der Waals surface area (Å²) in [5, 5.41) is 5.68. The molecule has 0 bridgehead atoms. The summed E-state index contributed by atoms with van der Waals surface area (Å²) < 4.78 is 4.96. The number of anilines is 1. The van der Waals surface area contributed by atoms with Crippen LogP contribution in [0.4, 0.5) is 5.69 Å². The van der Waals surface area contributed by atoms with Crippen molar-refractivity contribution >= 4 is 17.5 Å². The van der Waals surface area contributed by atoms with Crippen LogP contribution in [0.15, 0.2) is 18.3 Å². The zero-order valence-corrected chi connectivity index (χ0v) is 13.1. The second kappa shape index (κ2) is 7.77. The molecule has 0 aromatic carbocycles. The fraction of sp³-hybridized carbons (Fsp3) is 0.562. The molecule has 0 spiro atoms. The van der Waals surface area contributed by atoms with E-state index in [1.54, 1.807) is 18.3 Å². The van der Waals surface area contributed by atoms with Crippen molar-refractivity contribution in [2.75, 3.05) is 12.4 Å². The fourth-order valence-electron chi connectivity index (χ4n) is 2.66. The van der Waals surface area contributed by atoms with E-state index in [4.69, 9.17) is 4.74 Å². The number of rotatable bonds is 6. The third-order valence-electron chi connectivity index (χ3n) is 3.84. The van der Waals surface area contributed by atoms with E-state index in [2.05, 4.69) is 15.6 Å². The van der Waals surface area contributed by atoms with Gasteiger partial charge in [0.1, 0.15) is 0 Å². The summed E-state index contributed by atoms with van der Waals surface area (Å²) in [7, 11) is 1.54. The molecule has 1 aromatic rings. The van der Waals surface area contributed by atoms with Crippen molar-refractivity contribution in [3.05, 3.63) is 18.3 Å². The van der Waals surface area contributed by atoms with Crippen LogP contribution < -0.4 is 15.4 Å². The molecule has 1 atom stereocenters. The number of carbonyl (C=O) groups excluding carboxylic acids is 2. The molecule has 6 nitrogen and oxygen atoms in total. The predicted octanol–water partition coefficient (Wildman–Crippen LogP) is 2.11. The minimum atomic E-state index is -0.181. The standard InChI is InChI=1S/C16H23N3O3/c1-11(18-16(21)12-5-3-4-6-12)9-14(20)19-13-7-8-15(22-2)17-10-13/h7-8,10-12H,3-6,9H2,1-2H3,(H,18,21)(H,19,20). The van der Waals surface area contributed by atoms with Gasteiger partial charge < -0.3 is 15.4 Å². The lowest BCUT2D eigenvalue weighted by Gasteiger charge is -2.16. The maximum atomic E-state index is 12.0. The highest BCUT2D eigenvalue weighted by Crippen LogP contribution is 2.24. The number of hydrogen-bond donors (Lipinski definition) is 2. The first-order valence-corrected chi connectivity index (χ1v) is 7.68. The number of nitrogens with one attached hydrogen (secondary N) is 2. The Morgan fingerprint density at radius 1 is 1.36 bits per heavy atom. The Balaban J connectivity index is 1.76. The van der Waals surface area contributed by atoms with Gasteiger partial charge in [-0.1, -0.05) is 12.8 Å². The maximum absolute atomic E-state index is 12.0. The van der Waals surface area contributed by atoms with Gasteiger partial charge in [0.2, 0.25) is 17.7 Å². The second-order valence-electron chi connectivity index (χ2n) is 5.73. The van der Waals surface area contributed by atoms with E-state index >= 15 is 0 Å². The van der Waals surface area contributed by atoms with E-state index in [0.29, 0.717) is 11.6 Å². The van der Waals surface area contributed by atoms with E-state index in [1.165, 1.54) is 7.11 Å². The Morgan fingerprint density at radius 3 is 2.68 bits per heavy atom. The number of methoxy groups -OCH3 is 1. The van der Waals surface area contributed by atoms with Crippen LogP contribution in [-0.4, -0.2) is 29.9 Å². The van der Waals surface area contributed by atoms with Gasteiger partial charge in [-0.3, -0.25) is 9.59 Å². The summed E-state index contributed by atoms with van der Waals surface area (Å²) in [6.45, 7) is 1.85.